The molecule has 0 fully saturated rings. The number of primary amides is 1. The third-order valence-corrected chi connectivity index (χ3v) is 6.32. The Balaban J connectivity index is 1.65. The first-order valence-corrected chi connectivity index (χ1v) is 11.3. The summed E-state index contributed by atoms with van der Waals surface area (Å²) in [4.78, 5) is 25.3. The first-order chi connectivity index (χ1) is 15.2. The monoisotopic (exact) mass is 487 g/mol. The zero-order valence-corrected chi connectivity index (χ0v) is 19.9. The Morgan fingerprint density at radius 2 is 1.88 bits per heavy atom. The number of nitrogens with one attached hydrogen (secondary N) is 2. The number of anilines is 1. The lowest BCUT2D eigenvalue weighted by molar-refractivity contribution is -0.121. The fraction of sp³-hybridized carbons (Fsp3) is 0.174. The first kappa shape index (κ1) is 23.7. The number of aryl methyl sites for hydroxylation is 1. The predicted octanol–water partition coefficient (Wildman–Crippen LogP) is 4.60. The fourth-order valence-electron chi connectivity index (χ4n) is 3.11. The molecule has 0 saturated heterocycles. The highest BCUT2D eigenvalue weighted by molar-refractivity contribution is 7.80. The van der Waals surface area contributed by atoms with Crippen molar-refractivity contribution >= 4 is 57.1 Å². The number of carbonyl (C=O) groups excluding carboxylic acids is 2. The van der Waals surface area contributed by atoms with E-state index in [9.17, 15) is 9.59 Å². The highest BCUT2D eigenvalue weighted by Gasteiger charge is 2.20. The fourth-order valence-corrected chi connectivity index (χ4v) is 4.87. The number of thiophene rings is 1. The molecule has 0 aliphatic heterocycles. The average Bonchev–Trinajstić information content (AvgIpc) is 3.02. The van der Waals surface area contributed by atoms with Crippen molar-refractivity contribution in [3.05, 3.63) is 80.7 Å². The van der Waals surface area contributed by atoms with Gasteiger partial charge in [0.15, 0.2) is 11.7 Å². The molecule has 0 radical (unpaired) electrons. The van der Waals surface area contributed by atoms with Gasteiger partial charge in [-0.1, -0.05) is 41.9 Å². The van der Waals surface area contributed by atoms with Crippen LogP contribution in [0.5, 0.6) is 5.75 Å². The summed E-state index contributed by atoms with van der Waals surface area (Å²) in [5.41, 5.74) is 8.70. The Hall–Kier alpha value is -2.94. The SMILES string of the molecule is Cc1cc(Cl)ccc1OCC(=O)NC(=S)Nc1sc(Cc2ccccc2)c(C)c1C(N)=O. The molecule has 166 valence electrons. The van der Waals surface area contributed by atoms with Crippen LogP contribution in [0, 0.1) is 13.8 Å². The summed E-state index contributed by atoms with van der Waals surface area (Å²) < 4.78 is 5.53. The molecule has 1 heterocycles. The van der Waals surface area contributed by atoms with E-state index in [1.54, 1.807) is 18.2 Å². The number of ether oxygens (including phenoxy) is 1. The van der Waals surface area contributed by atoms with Crippen molar-refractivity contribution in [2.75, 3.05) is 11.9 Å². The molecule has 0 saturated carbocycles. The molecule has 0 atom stereocenters. The van der Waals surface area contributed by atoms with Gasteiger partial charge in [-0.25, -0.2) is 0 Å². The second-order valence-electron chi connectivity index (χ2n) is 7.08. The van der Waals surface area contributed by atoms with Gasteiger partial charge in [-0.3, -0.25) is 14.9 Å². The molecule has 0 spiro atoms. The third kappa shape index (κ3) is 6.06. The third-order valence-electron chi connectivity index (χ3n) is 4.68. The molecule has 6 nitrogen and oxygen atoms in total. The van der Waals surface area contributed by atoms with E-state index in [1.807, 2.05) is 44.2 Å². The van der Waals surface area contributed by atoms with Crippen LogP contribution in [0.4, 0.5) is 5.00 Å². The molecule has 0 bridgehead atoms. The predicted molar refractivity (Wildman–Crippen MR) is 133 cm³/mol. The number of amides is 2. The van der Waals surface area contributed by atoms with E-state index in [2.05, 4.69) is 10.6 Å². The van der Waals surface area contributed by atoms with E-state index in [0.29, 0.717) is 27.8 Å². The van der Waals surface area contributed by atoms with Gasteiger partial charge in [-0.05, 0) is 61.0 Å². The largest absolute Gasteiger partial charge is 0.483 e. The molecule has 0 unspecified atom stereocenters. The maximum absolute atomic E-state index is 12.2. The van der Waals surface area contributed by atoms with Gasteiger partial charge in [0.05, 0.1) is 5.56 Å². The molecule has 3 aromatic rings. The van der Waals surface area contributed by atoms with Gasteiger partial charge in [-0.2, -0.15) is 0 Å². The highest BCUT2D eigenvalue weighted by Crippen LogP contribution is 2.34. The molecule has 1 aromatic heterocycles. The van der Waals surface area contributed by atoms with Crippen LogP contribution in [-0.2, 0) is 11.2 Å². The summed E-state index contributed by atoms with van der Waals surface area (Å²) in [6.07, 6.45) is 0.659. The van der Waals surface area contributed by atoms with Crippen LogP contribution in [0.1, 0.15) is 31.9 Å². The van der Waals surface area contributed by atoms with Crippen molar-refractivity contribution in [2.24, 2.45) is 5.73 Å². The topological polar surface area (TPSA) is 93.4 Å². The van der Waals surface area contributed by atoms with Crippen molar-refractivity contribution in [3.63, 3.8) is 0 Å². The van der Waals surface area contributed by atoms with Gasteiger partial charge in [0.1, 0.15) is 10.8 Å². The molecule has 9 heteroatoms. The minimum absolute atomic E-state index is 0.0569. The molecular weight excluding hydrogens is 466 g/mol. The Kier molecular flexibility index (Phi) is 7.84. The van der Waals surface area contributed by atoms with Gasteiger partial charge >= 0.3 is 0 Å². The van der Waals surface area contributed by atoms with Gasteiger partial charge in [-0.15, -0.1) is 11.3 Å². The molecule has 0 aliphatic rings. The van der Waals surface area contributed by atoms with Gasteiger partial charge in [0.25, 0.3) is 11.8 Å². The second kappa shape index (κ2) is 10.6. The molecular formula is C23H22ClN3O3S2. The number of carbonyl (C=O) groups is 2. The number of thiocarbonyl (C=S) groups is 1. The lowest BCUT2D eigenvalue weighted by atomic mass is 10.1. The lowest BCUT2D eigenvalue weighted by Crippen LogP contribution is -2.37. The van der Waals surface area contributed by atoms with Crippen molar-refractivity contribution in [3.8, 4) is 5.75 Å². The van der Waals surface area contributed by atoms with Crippen LogP contribution in [0.3, 0.4) is 0 Å². The summed E-state index contributed by atoms with van der Waals surface area (Å²) in [6.45, 7) is 3.46. The van der Waals surface area contributed by atoms with Crippen molar-refractivity contribution < 1.29 is 14.3 Å². The molecule has 2 amide bonds. The number of halogens is 1. The van der Waals surface area contributed by atoms with E-state index in [0.717, 1.165) is 21.6 Å². The van der Waals surface area contributed by atoms with Crippen LogP contribution in [0.25, 0.3) is 0 Å². The van der Waals surface area contributed by atoms with E-state index < -0.39 is 11.8 Å². The smallest absolute Gasteiger partial charge is 0.264 e. The first-order valence-electron chi connectivity index (χ1n) is 9.70. The quantitative estimate of drug-likeness (QED) is 0.423. The Morgan fingerprint density at radius 3 is 2.53 bits per heavy atom. The number of hydrogen-bond donors (Lipinski definition) is 3. The van der Waals surface area contributed by atoms with E-state index in [4.69, 9.17) is 34.3 Å². The van der Waals surface area contributed by atoms with Crippen molar-refractivity contribution in [1.82, 2.24) is 5.32 Å². The van der Waals surface area contributed by atoms with E-state index in [1.165, 1.54) is 11.3 Å². The molecule has 3 rings (SSSR count). The van der Waals surface area contributed by atoms with Crippen molar-refractivity contribution in [1.29, 1.82) is 0 Å². The highest BCUT2D eigenvalue weighted by atomic mass is 35.5. The second-order valence-corrected chi connectivity index (χ2v) is 9.03. The zero-order chi connectivity index (χ0) is 23.3. The standard InChI is InChI=1S/C23H22ClN3O3S2/c1-13-10-16(24)8-9-17(13)30-12-19(28)26-23(31)27-22-20(21(25)29)14(2)18(32-22)11-15-6-4-3-5-7-15/h3-10H,11-12H2,1-2H3,(H2,25,29)(H2,26,27,28,31). The summed E-state index contributed by atoms with van der Waals surface area (Å²) in [5, 5.41) is 6.64. The van der Waals surface area contributed by atoms with Crippen LogP contribution >= 0.6 is 35.2 Å². The Morgan fingerprint density at radius 1 is 1.16 bits per heavy atom. The minimum atomic E-state index is -0.559. The number of rotatable bonds is 7. The summed E-state index contributed by atoms with van der Waals surface area (Å²) in [7, 11) is 0. The molecule has 32 heavy (non-hydrogen) atoms. The van der Waals surface area contributed by atoms with Crippen molar-refractivity contribution in [2.45, 2.75) is 20.3 Å². The van der Waals surface area contributed by atoms with Gasteiger partial charge in [0.2, 0.25) is 0 Å². The number of nitrogens with two attached hydrogens (primary N) is 1. The summed E-state index contributed by atoms with van der Waals surface area (Å²) >= 11 is 12.6. The normalized spacial score (nSPS) is 10.5. The zero-order valence-electron chi connectivity index (χ0n) is 17.5. The minimum Gasteiger partial charge on any atom is -0.483 e. The Labute approximate surface area is 200 Å². The van der Waals surface area contributed by atoms with E-state index in [-0.39, 0.29) is 11.7 Å². The van der Waals surface area contributed by atoms with Crippen LogP contribution < -0.4 is 21.1 Å². The number of hydrogen-bond acceptors (Lipinski definition) is 5. The molecule has 2 aromatic carbocycles. The average molecular weight is 488 g/mol. The van der Waals surface area contributed by atoms with Gasteiger partial charge < -0.3 is 15.8 Å². The Bertz CT molecular complexity index is 1160. The maximum atomic E-state index is 12.2. The van der Waals surface area contributed by atoms with Crippen LogP contribution in [0.15, 0.2) is 48.5 Å². The maximum Gasteiger partial charge on any atom is 0.264 e. The lowest BCUT2D eigenvalue weighted by Gasteiger charge is -2.11. The number of benzene rings is 2. The van der Waals surface area contributed by atoms with E-state index >= 15 is 0 Å². The van der Waals surface area contributed by atoms with Gasteiger partial charge in [0, 0.05) is 16.3 Å². The van der Waals surface area contributed by atoms with Crippen LogP contribution in [-0.4, -0.2) is 23.5 Å². The summed E-state index contributed by atoms with van der Waals surface area (Å²) in [6, 6.07) is 15.0. The summed E-state index contributed by atoms with van der Waals surface area (Å²) in [5.74, 6) is -0.439. The molecule has 4 N–H and O–H groups in total. The molecule has 0 aliphatic carbocycles. The van der Waals surface area contributed by atoms with Crippen LogP contribution in [0.2, 0.25) is 5.02 Å².